The van der Waals surface area contributed by atoms with Crippen LogP contribution in [-0.4, -0.2) is 20.5 Å². The maximum Gasteiger partial charge on any atom is 0.182 e. The number of hydrogen-bond acceptors (Lipinski definition) is 4. The van der Waals surface area contributed by atoms with Gasteiger partial charge in [0.05, 0.1) is 12.3 Å². The van der Waals surface area contributed by atoms with Crippen LogP contribution in [0.4, 0.5) is 0 Å². The molecule has 0 radical (unpaired) electrons. The SMILES string of the molecule is CC1=NCc2c(sc(C)c2CC2=CCCC=C2)-n2c(C)nnc21. The molecule has 5 heteroatoms. The maximum atomic E-state index is 4.75. The quantitative estimate of drug-likeness (QED) is 0.835. The number of rotatable bonds is 2. The molecule has 1 aliphatic heterocycles. The van der Waals surface area contributed by atoms with Gasteiger partial charge in [0.2, 0.25) is 0 Å². The molecule has 2 aromatic rings. The Morgan fingerprint density at radius 3 is 2.83 bits per heavy atom. The largest absolute Gasteiger partial charge is 0.281 e. The molecule has 0 saturated heterocycles. The molecule has 0 bridgehead atoms. The van der Waals surface area contributed by atoms with E-state index in [0.29, 0.717) is 0 Å². The number of aliphatic imine (C=N–C) groups is 1. The van der Waals surface area contributed by atoms with E-state index in [1.165, 1.54) is 26.6 Å². The first-order valence-electron chi connectivity index (χ1n) is 8.05. The molecule has 3 heterocycles. The predicted molar refractivity (Wildman–Crippen MR) is 94.8 cm³/mol. The molecule has 0 amide bonds. The van der Waals surface area contributed by atoms with Gasteiger partial charge in [-0.25, -0.2) is 0 Å². The van der Waals surface area contributed by atoms with Gasteiger partial charge >= 0.3 is 0 Å². The summed E-state index contributed by atoms with van der Waals surface area (Å²) in [5.74, 6) is 1.81. The van der Waals surface area contributed by atoms with Crippen LogP contribution in [0.3, 0.4) is 0 Å². The van der Waals surface area contributed by atoms with Crippen molar-refractivity contribution in [2.45, 2.75) is 46.6 Å². The highest BCUT2D eigenvalue weighted by Gasteiger charge is 2.24. The average molecular weight is 324 g/mol. The number of aryl methyl sites for hydroxylation is 2. The van der Waals surface area contributed by atoms with Gasteiger partial charge in [-0.2, -0.15) is 0 Å². The molecule has 2 aromatic heterocycles. The van der Waals surface area contributed by atoms with Gasteiger partial charge in [0.1, 0.15) is 10.8 Å². The topological polar surface area (TPSA) is 43.1 Å². The number of hydrogen-bond donors (Lipinski definition) is 0. The second-order valence-corrected chi connectivity index (χ2v) is 7.37. The Labute approximate surface area is 140 Å². The minimum absolute atomic E-state index is 0.737. The van der Waals surface area contributed by atoms with E-state index in [1.54, 1.807) is 0 Å². The minimum atomic E-state index is 0.737. The fraction of sp³-hybridized carbons (Fsp3) is 0.389. The van der Waals surface area contributed by atoms with Crippen molar-refractivity contribution in [3.8, 4) is 5.00 Å². The van der Waals surface area contributed by atoms with Crippen LogP contribution < -0.4 is 0 Å². The van der Waals surface area contributed by atoms with E-state index in [-0.39, 0.29) is 0 Å². The Kier molecular flexibility index (Phi) is 3.53. The number of thiophene rings is 1. The lowest BCUT2D eigenvalue weighted by Crippen LogP contribution is -2.05. The molecule has 0 unspecified atom stereocenters. The molecule has 0 saturated carbocycles. The standard InChI is InChI=1S/C18H20N4S/c1-11-17-21-20-13(3)22(17)18-16(10-19-11)15(12(2)23-18)9-14-7-5-4-6-8-14/h5,7-8H,4,6,9-10H2,1-3H3. The molecule has 0 spiro atoms. The monoisotopic (exact) mass is 324 g/mol. The minimum Gasteiger partial charge on any atom is -0.281 e. The zero-order chi connectivity index (χ0) is 16.0. The lowest BCUT2D eigenvalue weighted by Gasteiger charge is -2.09. The summed E-state index contributed by atoms with van der Waals surface area (Å²) in [5.41, 5.74) is 5.16. The summed E-state index contributed by atoms with van der Waals surface area (Å²) >= 11 is 1.84. The first kappa shape index (κ1) is 14.6. The molecule has 2 aliphatic rings. The van der Waals surface area contributed by atoms with E-state index in [1.807, 2.05) is 25.2 Å². The van der Waals surface area contributed by atoms with Crippen LogP contribution in [-0.2, 0) is 13.0 Å². The van der Waals surface area contributed by atoms with Gasteiger partial charge in [-0.15, -0.1) is 21.5 Å². The molecule has 0 N–H and O–H groups in total. The molecular weight excluding hydrogens is 304 g/mol. The van der Waals surface area contributed by atoms with Gasteiger partial charge in [-0.05, 0) is 51.2 Å². The second-order valence-electron chi connectivity index (χ2n) is 6.16. The fourth-order valence-electron chi connectivity index (χ4n) is 3.30. The van der Waals surface area contributed by atoms with Crippen LogP contribution in [0.25, 0.3) is 5.00 Å². The lowest BCUT2D eigenvalue weighted by molar-refractivity contribution is 0.949. The summed E-state index contributed by atoms with van der Waals surface area (Å²) < 4.78 is 2.17. The van der Waals surface area contributed by atoms with Crippen molar-refractivity contribution >= 4 is 17.0 Å². The van der Waals surface area contributed by atoms with Crippen molar-refractivity contribution in [3.05, 3.63) is 51.5 Å². The normalized spacial score (nSPS) is 16.5. The first-order valence-corrected chi connectivity index (χ1v) is 8.87. The summed E-state index contributed by atoms with van der Waals surface area (Å²) in [7, 11) is 0. The number of allylic oxidation sites excluding steroid dienone is 4. The highest BCUT2D eigenvalue weighted by atomic mass is 32.1. The van der Waals surface area contributed by atoms with E-state index >= 15 is 0 Å². The highest BCUT2D eigenvalue weighted by molar-refractivity contribution is 7.14. The smallest absolute Gasteiger partial charge is 0.182 e. The van der Waals surface area contributed by atoms with Crippen LogP contribution in [0.5, 0.6) is 0 Å². The Morgan fingerprint density at radius 1 is 1.17 bits per heavy atom. The molecule has 0 aromatic carbocycles. The van der Waals surface area contributed by atoms with Gasteiger partial charge in [0.25, 0.3) is 0 Å². The molecule has 0 atom stereocenters. The van der Waals surface area contributed by atoms with Crippen molar-refractivity contribution in [3.63, 3.8) is 0 Å². The second kappa shape index (κ2) is 5.57. The molecular formula is C18H20N4S. The summed E-state index contributed by atoms with van der Waals surface area (Å²) in [6.07, 6.45) is 10.2. The van der Waals surface area contributed by atoms with Crippen LogP contribution in [0, 0.1) is 13.8 Å². The third kappa shape index (κ3) is 2.39. The molecule has 1 aliphatic carbocycles. The summed E-state index contributed by atoms with van der Waals surface area (Å²) in [6.45, 7) is 6.99. The van der Waals surface area contributed by atoms with Gasteiger partial charge < -0.3 is 0 Å². The summed E-state index contributed by atoms with van der Waals surface area (Å²) in [6, 6.07) is 0. The fourth-order valence-corrected chi connectivity index (χ4v) is 4.53. The van der Waals surface area contributed by atoms with Crippen LogP contribution in [0.15, 0.2) is 28.8 Å². The average Bonchev–Trinajstić information content (AvgIpc) is 3.03. The summed E-state index contributed by atoms with van der Waals surface area (Å²) in [5, 5.41) is 9.82. The number of nitrogens with zero attached hydrogens (tertiary/aromatic N) is 4. The van der Waals surface area contributed by atoms with Crippen molar-refractivity contribution in [2.75, 3.05) is 0 Å². The first-order chi connectivity index (χ1) is 11.1. The van der Waals surface area contributed by atoms with E-state index < -0.39 is 0 Å². The number of fused-ring (bicyclic) bond motifs is 3. The summed E-state index contributed by atoms with van der Waals surface area (Å²) in [4.78, 5) is 6.13. The zero-order valence-corrected chi connectivity index (χ0v) is 14.6. The van der Waals surface area contributed by atoms with Crippen molar-refractivity contribution in [1.29, 1.82) is 0 Å². The zero-order valence-electron chi connectivity index (χ0n) is 13.8. The lowest BCUT2D eigenvalue weighted by atomic mass is 9.97. The van der Waals surface area contributed by atoms with E-state index in [9.17, 15) is 0 Å². The Balaban J connectivity index is 1.84. The molecule has 0 fully saturated rings. The van der Waals surface area contributed by atoms with Crippen LogP contribution >= 0.6 is 11.3 Å². The van der Waals surface area contributed by atoms with Gasteiger partial charge in [0.15, 0.2) is 5.82 Å². The van der Waals surface area contributed by atoms with Crippen molar-refractivity contribution < 1.29 is 0 Å². The van der Waals surface area contributed by atoms with E-state index in [2.05, 4.69) is 39.9 Å². The predicted octanol–water partition coefficient (Wildman–Crippen LogP) is 4.09. The van der Waals surface area contributed by atoms with Crippen molar-refractivity contribution in [2.24, 2.45) is 4.99 Å². The highest BCUT2D eigenvalue weighted by Crippen LogP contribution is 2.36. The van der Waals surface area contributed by atoms with E-state index in [0.717, 1.165) is 43.2 Å². The Morgan fingerprint density at radius 2 is 2.04 bits per heavy atom. The maximum absolute atomic E-state index is 4.75. The third-order valence-electron chi connectivity index (χ3n) is 4.58. The van der Waals surface area contributed by atoms with Gasteiger partial charge in [-0.3, -0.25) is 9.56 Å². The third-order valence-corrected chi connectivity index (χ3v) is 5.75. The molecule has 4 rings (SSSR count). The molecule has 4 nitrogen and oxygen atoms in total. The van der Waals surface area contributed by atoms with Crippen LogP contribution in [0.1, 0.15) is 47.4 Å². The molecule has 23 heavy (non-hydrogen) atoms. The van der Waals surface area contributed by atoms with E-state index in [4.69, 9.17) is 4.99 Å². The van der Waals surface area contributed by atoms with Gasteiger partial charge in [0, 0.05) is 10.4 Å². The Bertz CT molecular complexity index is 864. The number of aromatic nitrogens is 3. The molecule has 118 valence electrons. The van der Waals surface area contributed by atoms with Crippen LogP contribution in [0.2, 0.25) is 0 Å². The Hall–Kier alpha value is -2.01. The van der Waals surface area contributed by atoms with Crippen molar-refractivity contribution in [1.82, 2.24) is 14.8 Å². The van der Waals surface area contributed by atoms with Gasteiger partial charge in [-0.1, -0.05) is 18.2 Å².